The van der Waals surface area contributed by atoms with E-state index in [0.717, 1.165) is 23.8 Å². The normalized spacial score (nSPS) is 10.3. The minimum Gasteiger partial charge on any atom is -0.320 e. The molecule has 1 amide bonds. The Bertz CT molecular complexity index is 620. The molecule has 0 aliphatic rings. The lowest BCUT2D eigenvalue weighted by Crippen LogP contribution is -2.13. The van der Waals surface area contributed by atoms with Gasteiger partial charge in [-0.1, -0.05) is 6.07 Å². The van der Waals surface area contributed by atoms with Crippen LogP contribution in [0.3, 0.4) is 0 Å². The van der Waals surface area contributed by atoms with E-state index in [1.807, 2.05) is 37.3 Å². The number of anilines is 1. The Hall–Kier alpha value is -0.400. The summed E-state index contributed by atoms with van der Waals surface area (Å²) in [5.41, 5.74) is 2.51. The van der Waals surface area contributed by atoms with E-state index >= 15 is 0 Å². The van der Waals surface area contributed by atoms with E-state index in [2.05, 4.69) is 59.8 Å². The van der Waals surface area contributed by atoms with E-state index < -0.39 is 0 Å². The van der Waals surface area contributed by atoms with Crippen molar-refractivity contribution in [3.63, 3.8) is 0 Å². The van der Waals surface area contributed by atoms with Crippen LogP contribution in [0.25, 0.3) is 0 Å². The van der Waals surface area contributed by atoms with Crippen molar-refractivity contribution in [3.05, 3.63) is 60.0 Å². The van der Waals surface area contributed by atoms with Gasteiger partial charge in [-0.2, -0.15) is 0 Å². The number of halogens is 3. The molecule has 1 N–H and O–H groups in total. The van der Waals surface area contributed by atoms with Crippen molar-refractivity contribution in [2.45, 2.75) is 6.92 Å². The third-order valence-electron chi connectivity index (χ3n) is 2.51. The Labute approximate surface area is 142 Å². The summed E-state index contributed by atoms with van der Waals surface area (Å²) in [6, 6.07) is 11.4. The van der Waals surface area contributed by atoms with E-state index in [1.165, 1.54) is 0 Å². The number of carbonyl (C=O) groups excluding carboxylic acids is 1. The molecule has 98 valence electrons. The van der Waals surface area contributed by atoms with Gasteiger partial charge in [-0.3, -0.25) is 4.79 Å². The van der Waals surface area contributed by atoms with Gasteiger partial charge in [-0.05, 0) is 97.3 Å². The minimum absolute atomic E-state index is 0.122. The van der Waals surface area contributed by atoms with Gasteiger partial charge in [-0.25, -0.2) is 0 Å². The SMILES string of the molecule is Cc1cc(Br)c(NC(=O)c2cccc(I)c2)c(Br)c1. The van der Waals surface area contributed by atoms with Gasteiger partial charge in [0, 0.05) is 18.1 Å². The van der Waals surface area contributed by atoms with Gasteiger partial charge in [-0.15, -0.1) is 0 Å². The van der Waals surface area contributed by atoms with Gasteiger partial charge in [0.25, 0.3) is 5.91 Å². The second-order valence-corrected chi connectivity index (χ2v) is 7.02. The lowest BCUT2D eigenvalue weighted by Gasteiger charge is -2.11. The fraction of sp³-hybridized carbons (Fsp3) is 0.0714. The monoisotopic (exact) mass is 493 g/mol. The molecule has 2 aromatic carbocycles. The summed E-state index contributed by atoms with van der Waals surface area (Å²) in [6.45, 7) is 2.00. The van der Waals surface area contributed by atoms with Crippen molar-refractivity contribution in [2.24, 2.45) is 0 Å². The standard InChI is InChI=1S/C14H10Br2INO/c1-8-5-11(15)13(12(16)6-8)18-14(19)9-3-2-4-10(17)7-9/h2-7H,1H3,(H,18,19). The number of hydrogen-bond donors (Lipinski definition) is 1. The summed E-state index contributed by atoms with van der Waals surface area (Å²) in [4.78, 5) is 12.2. The fourth-order valence-electron chi connectivity index (χ4n) is 1.63. The van der Waals surface area contributed by atoms with Crippen LogP contribution in [0.1, 0.15) is 15.9 Å². The van der Waals surface area contributed by atoms with Crippen LogP contribution >= 0.6 is 54.5 Å². The van der Waals surface area contributed by atoms with Gasteiger partial charge < -0.3 is 5.32 Å². The summed E-state index contributed by atoms with van der Waals surface area (Å²) in [5, 5.41) is 2.91. The predicted molar refractivity (Wildman–Crippen MR) is 93.7 cm³/mol. The zero-order chi connectivity index (χ0) is 14.0. The van der Waals surface area contributed by atoms with E-state index in [-0.39, 0.29) is 5.91 Å². The summed E-state index contributed by atoms with van der Waals surface area (Å²) < 4.78 is 2.75. The lowest BCUT2D eigenvalue weighted by molar-refractivity contribution is 0.102. The first kappa shape index (κ1) is 15.0. The minimum atomic E-state index is -0.122. The molecule has 0 spiro atoms. The fourth-order valence-corrected chi connectivity index (χ4v) is 3.79. The largest absolute Gasteiger partial charge is 0.320 e. The average molecular weight is 495 g/mol. The first-order chi connectivity index (χ1) is 8.97. The van der Waals surface area contributed by atoms with Crippen LogP contribution in [0.2, 0.25) is 0 Å². The highest BCUT2D eigenvalue weighted by Gasteiger charge is 2.11. The van der Waals surface area contributed by atoms with E-state index in [0.29, 0.717) is 5.56 Å². The van der Waals surface area contributed by atoms with Gasteiger partial charge >= 0.3 is 0 Å². The second-order valence-electron chi connectivity index (χ2n) is 4.07. The summed E-state index contributed by atoms with van der Waals surface area (Å²) in [5.74, 6) is -0.122. The average Bonchev–Trinajstić information content (AvgIpc) is 2.33. The first-order valence-corrected chi connectivity index (χ1v) is 8.16. The molecule has 0 radical (unpaired) electrons. The van der Waals surface area contributed by atoms with Crippen LogP contribution in [0.4, 0.5) is 5.69 Å². The van der Waals surface area contributed by atoms with Crippen molar-refractivity contribution in [1.82, 2.24) is 0 Å². The highest BCUT2D eigenvalue weighted by Crippen LogP contribution is 2.32. The zero-order valence-electron chi connectivity index (χ0n) is 10.0. The highest BCUT2D eigenvalue weighted by molar-refractivity contribution is 14.1. The number of aryl methyl sites for hydroxylation is 1. The third-order valence-corrected chi connectivity index (χ3v) is 4.43. The number of rotatable bonds is 2. The Morgan fingerprint density at radius 2 is 1.79 bits per heavy atom. The zero-order valence-corrected chi connectivity index (χ0v) is 15.3. The summed E-state index contributed by atoms with van der Waals surface area (Å²) in [6.07, 6.45) is 0. The number of benzene rings is 2. The smallest absolute Gasteiger partial charge is 0.255 e. The Balaban J connectivity index is 2.29. The van der Waals surface area contributed by atoms with Crippen LogP contribution in [0.5, 0.6) is 0 Å². The molecule has 0 unspecified atom stereocenters. The number of hydrogen-bond acceptors (Lipinski definition) is 1. The Kier molecular flexibility index (Phi) is 5.03. The van der Waals surface area contributed by atoms with Crippen LogP contribution in [0, 0.1) is 10.5 Å². The molecule has 0 heterocycles. The predicted octanol–water partition coefficient (Wildman–Crippen LogP) is 5.38. The van der Waals surface area contributed by atoms with E-state index in [4.69, 9.17) is 0 Å². The van der Waals surface area contributed by atoms with Crippen LogP contribution in [-0.4, -0.2) is 5.91 Å². The molecule has 0 bridgehead atoms. The maximum atomic E-state index is 12.2. The van der Waals surface area contributed by atoms with Crippen molar-refractivity contribution >= 4 is 66.0 Å². The van der Waals surface area contributed by atoms with Gasteiger partial charge in [0.2, 0.25) is 0 Å². The molecule has 2 rings (SSSR count). The Morgan fingerprint density at radius 3 is 2.37 bits per heavy atom. The molecular weight excluding hydrogens is 485 g/mol. The van der Waals surface area contributed by atoms with Crippen molar-refractivity contribution in [1.29, 1.82) is 0 Å². The molecule has 0 saturated carbocycles. The quantitative estimate of drug-likeness (QED) is 0.558. The molecule has 2 aromatic rings. The molecule has 0 aliphatic heterocycles. The molecule has 19 heavy (non-hydrogen) atoms. The highest BCUT2D eigenvalue weighted by atomic mass is 127. The summed E-state index contributed by atoms with van der Waals surface area (Å²) >= 11 is 9.12. The Morgan fingerprint density at radius 1 is 1.16 bits per heavy atom. The number of nitrogens with one attached hydrogen (secondary N) is 1. The molecule has 0 aromatic heterocycles. The maximum absolute atomic E-state index is 12.2. The third kappa shape index (κ3) is 3.79. The first-order valence-electron chi connectivity index (χ1n) is 5.50. The number of amides is 1. The molecule has 0 saturated heterocycles. The maximum Gasteiger partial charge on any atom is 0.255 e. The molecule has 0 fully saturated rings. The van der Waals surface area contributed by atoms with Crippen LogP contribution in [0.15, 0.2) is 45.3 Å². The van der Waals surface area contributed by atoms with Crippen LogP contribution in [-0.2, 0) is 0 Å². The lowest BCUT2D eigenvalue weighted by atomic mass is 10.2. The topological polar surface area (TPSA) is 29.1 Å². The summed E-state index contributed by atoms with van der Waals surface area (Å²) in [7, 11) is 0. The molecule has 5 heteroatoms. The van der Waals surface area contributed by atoms with Gasteiger partial charge in [0.1, 0.15) is 0 Å². The van der Waals surface area contributed by atoms with Gasteiger partial charge in [0.15, 0.2) is 0 Å². The van der Waals surface area contributed by atoms with Gasteiger partial charge in [0.05, 0.1) is 5.69 Å². The second kappa shape index (κ2) is 6.37. The van der Waals surface area contributed by atoms with Crippen molar-refractivity contribution in [2.75, 3.05) is 5.32 Å². The van der Waals surface area contributed by atoms with Crippen molar-refractivity contribution in [3.8, 4) is 0 Å². The molecular formula is C14H10Br2INO. The molecule has 0 aliphatic carbocycles. The van der Waals surface area contributed by atoms with Crippen LogP contribution < -0.4 is 5.32 Å². The molecule has 2 nitrogen and oxygen atoms in total. The number of carbonyl (C=O) groups is 1. The van der Waals surface area contributed by atoms with E-state index in [1.54, 1.807) is 6.07 Å². The van der Waals surface area contributed by atoms with E-state index in [9.17, 15) is 4.79 Å². The molecule has 0 atom stereocenters. The van der Waals surface area contributed by atoms with Crippen molar-refractivity contribution < 1.29 is 4.79 Å².